The average molecular weight is 290 g/mol. The van der Waals surface area contributed by atoms with Crippen LogP contribution >= 0.6 is 11.3 Å². The number of aromatic nitrogens is 1. The van der Waals surface area contributed by atoms with E-state index in [4.69, 9.17) is 9.72 Å². The minimum Gasteiger partial charge on any atom is -0.493 e. The second-order valence-electron chi connectivity index (χ2n) is 4.95. The molecule has 0 radical (unpaired) electrons. The Labute approximate surface area is 125 Å². The summed E-state index contributed by atoms with van der Waals surface area (Å²) in [6.07, 6.45) is 0. The molecule has 0 saturated carbocycles. The molecule has 0 spiro atoms. The van der Waals surface area contributed by atoms with Gasteiger partial charge in [-0.15, -0.1) is 11.3 Å². The van der Waals surface area contributed by atoms with Crippen LogP contribution in [0.2, 0.25) is 0 Å². The molecule has 20 heavy (non-hydrogen) atoms. The van der Waals surface area contributed by atoms with Gasteiger partial charge in [0.1, 0.15) is 10.8 Å². The molecule has 0 saturated heterocycles. The Morgan fingerprint density at radius 2 is 1.95 bits per heavy atom. The van der Waals surface area contributed by atoms with Gasteiger partial charge in [-0.1, -0.05) is 0 Å². The standard InChI is InChI=1S/C16H22N2OS/c1-6-19-15-10(2)7-13(8-11(15)3)14-9-20-16(18-14)12(4)17-5/h7-9,12,17H,6H2,1-5H3. The van der Waals surface area contributed by atoms with Crippen molar-refractivity contribution in [1.29, 1.82) is 0 Å². The lowest BCUT2D eigenvalue weighted by Crippen LogP contribution is -2.11. The molecule has 1 aromatic heterocycles. The van der Waals surface area contributed by atoms with Gasteiger partial charge in [-0.3, -0.25) is 0 Å². The van der Waals surface area contributed by atoms with Crippen molar-refractivity contribution in [3.8, 4) is 17.0 Å². The highest BCUT2D eigenvalue weighted by Crippen LogP contribution is 2.31. The highest BCUT2D eigenvalue weighted by molar-refractivity contribution is 7.10. The van der Waals surface area contributed by atoms with Crippen molar-refractivity contribution in [2.24, 2.45) is 0 Å². The topological polar surface area (TPSA) is 34.1 Å². The van der Waals surface area contributed by atoms with Gasteiger partial charge in [0.2, 0.25) is 0 Å². The lowest BCUT2D eigenvalue weighted by Gasteiger charge is -2.12. The molecule has 0 fully saturated rings. The van der Waals surface area contributed by atoms with E-state index < -0.39 is 0 Å². The third kappa shape index (κ3) is 3.02. The molecule has 108 valence electrons. The number of rotatable bonds is 5. The first-order valence-corrected chi connectivity index (χ1v) is 7.81. The summed E-state index contributed by atoms with van der Waals surface area (Å²) in [5.74, 6) is 0.996. The highest BCUT2D eigenvalue weighted by Gasteiger charge is 2.12. The summed E-state index contributed by atoms with van der Waals surface area (Å²) >= 11 is 1.70. The molecule has 0 aliphatic carbocycles. The van der Waals surface area contributed by atoms with Crippen LogP contribution < -0.4 is 10.1 Å². The second kappa shape index (κ2) is 6.37. The Bertz CT molecular complexity index is 569. The van der Waals surface area contributed by atoms with Crippen molar-refractivity contribution in [2.45, 2.75) is 33.7 Å². The first-order valence-electron chi connectivity index (χ1n) is 6.94. The number of hydrogen-bond acceptors (Lipinski definition) is 4. The molecule has 1 unspecified atom stereocenters. The van der Waals surface area contributed by atoms with Crippen molar-refractivity contribution in [1.82, 2.24) is 10.3 Å². The van der Waals surface area contributed by atoms with E-state index in [9.17, 15) is 0 Å². The van der Waals surface area contributed by atoms with Crippen LogP contribution in [0, 0.1) is 13.8 Å². The predicted octanol–water partition coefficient (Wildman–Crippen LogP) is 4.11. The Morgan fingerprint density at radius 1 is 1.30 bits per heavy atom. The number of nitrogens with zero attached hydrogens (tertiary/aromatic N) is 1. The Morgan fingerprint density at radius 3 is 2.50 bits per heavy atom. The molecular formula is C16H22N2OS. The SMILES string of the molecule is CCOc1c(C)cc(-c2csc(C(C)NC)n2)cc1C. The Kier molecular flexibility index (Phi) is 4.78. The van der Waals surface area contributed by atoms with E-state index in [1.54, 1.807) is 11.3 Å². The van der Waals surface area contributed by atoms with Gasteiger partial charge in [0.05, 0.1) is 18.3 Å². The number of aryl methyl sites for hydroxylation is 2. The van der Waals surface area contributed by atoms with E-state index in [1.807, 2.05) is 14.0 Å². The van der Waals surface area contributed by atoms with Gasteiger partial charge in [0, 0.05) is 10.9 Å². The molecular weight excluding hydrogens is 268 g/mol. The van der Waals surface area contributed by atoms with Crippen LogP contribution in [0.15, 0.2) is 17.5 Å². The first kappa shape index (κ1) is 15.0. The summed E-state index contributed by atoms with van der Waals surface area (Å²) in [5, 5.41) is 6.46. The molecule has 0 amide bonds. The first-order chi connectivity index (χ1) is 9.56. The molecule has 1 atom stereocenters. The number of nitrogens with one attached hydrogen (secondary N) is 1. The zero-order valence-corrected chi connectivity index (χ0v) is 13.6. The van der Waals surface area contributed by atoms with Crippen LogP contribution in [0.25, 0.3) is 11.3 Å². The summed E-state index contributed by atoms with van der Waals surface area (Å²) in [6.45, 7) is 9.01. The summed E-state index contributed by atoms with van der Waals surface area (Å²) in [7, 11) is 1.96. The van der Waals surface area contributed by atoms with E-state index in [1.165, 1.54) is 0 Å². The number of ether oxygens (including phenoxy) is 1. The van der Waals surface area contributed by atoms with Gasteiger partial charge in [0.15, 0.2) is 0 Å². The van der Waals surface area contributed by atoms with E-state index >= 15 is 0 Å². The van der Waals surface area contributed by atoms with Crippen LogP contribution in [0.1, 0.15) is 36.0 Å². The average Bonchev–Trinajstić information content (AvgIpc) is 2.91. The van der Waals surface area contributed by atoms with Gasteiger partial charge < -0.3 is 10.1 Å². The smallest absolute Gasteiger partial charge is 0.125 e. The molecule has 3 nitrogen and oxygen atoms in total. The molecule has 0 aliphatic heterocycles. The third-order valence-corrected chi connectivity index (χ3v) is 4.40. The summed E-state index contributed by atoms with van der Waals surface area (Å²) < 4.78 is 5.69. The highest BCUT2D eigenvalue weighted by atomic mass is 32.1. The lowest BCUT2D eigenvalue weighted by molar-refractivity contribution is 0.335. The monoisotopic (exact) mass is 290 g/mol. The van der Waals surface area contributed by atoms with Crippen LogP contribution in [0.3, 0.4) is 0 Å². The van der Waals surface area contributed by atoms with Crippen LogP contribution in [-0.2, 0) is 0 Å². The number of hydrogen-bond donors (Lipinski definition) is 1. The van der Waals surface area contributed by atoms with Gasteiger partial charge in [-0.25, -0.2) is 4.98 Å². The van der Waals surface area contributed by atoms with E-state index in [0.717, 1.165) is 33.1 Å². The summed E-state index contributed by atoms with van der Waals surface area (Å²) in [5.41, 5.74) is 4.53. The molecule has 1 heterocycles. The fourth-order valence-corrected chi connectivity index (χ4v) is 3.11. The minimum absolute atomic E-state index is 0.290. The Hall–Kier alpha value is -1.39. The summed E-state index contributed by atoms with van der Waals surface area (Å²) in [4.78, 5) is 4.72. The zero-order valence-electron chi connectivity index (χ0n) is 12.8. The lowest BCUT2D eigenvalue weighted by atomic mass is 10.0. The Balaban J connectivity index is 2.36. The van der Waals surface area contributed by atoms with Gasteiger partial charge >= 0.3 is 0 Å². The number of thiazole rings is 1. The van der Waals surface area contributed by atoms with Crippen LogP contribution in [0.5, 0.6) is 5.75 Å². The zero-order chi connectivity index (χ0) is 14.7. The fraction of sp³-hybridized carbons (Fsp3) is 0.438. The van der Waals surface area contributed by atoms with E-state index in [-0.39, 0.29) is 0 Å². The van der Waals surface area contributed by atoms with Crippen molar-refractivity contribution >= 4 is 11.3 Å². The predicted molar refractivity (Wildman–Crippen MR) is 85.7 cm³/mol. The van der Waals surface area contributed by atoms with Gasteiger partial charge in [-0.05, 0) is 58.0 Å². The quantitative estimate of drug-likeness (QED) is 0.900. The molecule has 0 aliphatic rings. The normalized spacial score (nSPS) is 12.4. The molecule has 2 rings (SSSR count). The van der Waals surface area contributed by atoms with Gasteiger partial charge in [0.25, 0.3) is 0 Å². The van der Waals surface area contributed by atoms with Crippen molar-refractivity contribution in [3.63, 3.8) is 0 Å². The second-order valence-corrected chi connectivity index (χ2v) is 5.84. The molecule has 2 aromatic rings. The molecule has 1 aromatic carbocycles. The van der Waals surface area contributed by atoms with Crippen molar-refractivity contribution in [2.75, 3.05) is 13.7 Å². The fourth-order valence-electron chi connectivity index (χ4n) is 2.21. The van der Waals surface area contributed by atoms with Crippen LogP contribution in [-0.4, -0.2) is 18.6 Å². The van der Waals surface area contributed by atoms with Crippen LogP contribution in [0.4, 0.5) is 0 Å². The molecule has 1 N–H and O–H groups in total. The maximum Gasteiger partial charge on any atom is 0.125 e. The van der Waals surface area contributed by atoms with Crippen molar-refractivity contribution in [3.05, 3.63) is 33.6 Å². The minimum atomic E-state index is 0.290. The summed E-state index contributed by atoms with van der Waals surface area (Å²) in [6, 6.07) is 4.60. The van der Waals surface area contributed by atoms with Gasteiger partial charge in [-0.2, -0.15) is 0 Å². The third-order valence-electron chi connectivity index (χ3n) is 3.37. The largest absolute Gasteiger partial charge is 0.493 e. The van der Waals surface area contributed by atoms with Crippen molar-refractivity contribution < 1.29 is 4.74 Å². The number of benzene rings is 1. The molecule has 4 heteroatoms. The van der Waals surface area contributed by atoms with E-state index in [0.29, 0.717) is 12.6 Å². The van der Waals surface area contributed by atoms with E-state index in [2.05, 4.69) is 43.6 Å². The molecule has 0 bridgehead atoms. The maximum atomic E-state index is 5.69. The maximum absolute atomic E-state index is 5.69.